The maximum atomic E-state index is 13.8. The zero-order valence-corrected chi connectivity index (χ0v) is 11.5. The number of Topliss-reactive ketones (excluding diaryl/α,β-unsaturated/α-hetero) is 1. The fourth-order valence-corrected chi connectivity index (χ4v) is 1.97. The van der Waals surface area contributed by atoms with Crippen LogP contribution in [-0.4, -0.2) is 12.4 Å². The van der Waals surface area contributed by atoms with E-state index in [-0.39, 0.29) is 16.4 Å². The van der Waals surface area contributed by atoms with E-state index in [0.717, 1.165) is 6.42 Å². The average Bonchev–Trinajstić information content (AvgIpc) is 2.33. The van der Waals surface area contributed by atoms with Crippen LogP contribution in [0.5, 0.6) is 0 Å². The number of hydrogen-bond acceptors (Lipinski definition) is 2. The van der Waals surface area contributed by atoms with Crippen molar-refractivity contribution in [3.63, 3.8) is 0 Å². The maximum absolute atomic E-state index is 13.8. The number of ether oxygens (including phenoxy) is 1. The summed E-state index contributed by atoms with van der Waals surface area (Å²) < 4.78 is 19.3. The first-order valence-corrected chi connectivity index (χ1v) is 6.57. The van der Waals surface area contributed by atoms with Gasteiger partial charge in [0, 0.05) is 23.6 Å². The highest BCUT2D eigenvalue weighted by Crippen LogP contribution is 2.30. The zero-order valence-electron chi connectivity index (χ0n) is 10.7. The zero-order chi connectivity index (χ0) is 13.5. The molecular weight excluding hydrogens is 255 g/mol. The van der Waals surface area contributed by atoms with Gasteiger partial charge in [0.05, 0.1) is 0 Å². The fraction of sp³-hybridized carbons (Fsp3) is 0.500. The molecule has 1 rings (SSSR count). The standard InChI is InChI=1S/C14H18ClFO2/c1-3-6-12(17)14(18-9-4-2)13-10(15)7-5-8-11(13)16/h5,7-8,14H,3-4,6,9H2,1-2H3. The molecule has 0 amide bonds. The van der Waals surface area contributed by atoms with Crippen LogP contribution in [0.1, 0.15) is 44.8 Å². The summed E-state index contributed by atoms with van der Waals surface area (Å²) in [4.78, 5) is 12.0. The van der Waals surface area contributed by atoms with E-state index < -0.39 is 11.9 Å². The fourth-order valence-electron chi connectivity index (χ4n) is 1.71. The van der Waals surface area contributed by atoms with Crippen molar-refractivity contribution >= 4 is 17.4 Å². The minimum absolute atomic E-state index is 0.127. The molecule has 100 valence electrons. The van der Waals surface area contributed by atoms with Gasteiger partial charge in [0.2, 0.25) is 0 Å². The summed E-state index contributed by atoms with van der Waals surface area (Å²) in [5, 5.41) is 0.237. The Bertz CT molecular complexity index is 387. The number of hydrogen-bond donors (Lipinski definition) is 0. The lowest BCUT2D eigenvalue weighted by Gasteiger charge is -2.18. The summed E-state index contributed by atoms with van der Waals surface area (Å²) in [7, 11) is 0. The average molecular weight is 273 g/mol. The molecule has 1 aromatic carbocycles. The highest BCUT2D eigenvalue weighted by atomic mass is 35.5. The summed E-state index contributed by atoms with van der Waals surface area (Å²) in [6, 6.07) is 4.38. The smallest absolute Gasteiger partial charge is 0.166 e. The maximum Gasteiger partial charge on any atom is 0.166 e. The number of carbonyl (C=O) groups is 1. The first-order valence-electron chi connectivity index (χ1n) is 6.20. The van der Waals surface area contributed by atoms with Crippen molar-refractivity contribution < 1.29 is 13.9 Å². The van der Waals surface area contributed by atoms with E-state index in [1.54, 1.807) is 6.07 Å². The predicted octanol–water partition coefficient (Wildman–Crippen LogP) is 4.32. The van der Waals surface area contributed by atoms with Crippen molar-refractivity contribution in [2.24, 2.45) is 0 Å². The van der Waals surface area contributed by atoms with E-state index in [9.17, 15) is 9.18 Å². The molecule has 1 unspecified atom stereocenters. The highest BCUT2D eigenvalue weighted by molar-refractivity contribution is 6.31. The Morgan fingerprint density at radius 2 is 2.11 bits per heavy atom. The van der Waals surface area contributed by atoms with Gasteiger partial charge in [-0.25, -0.2) is 4.39 Å². The highest BCUT2D eigenvalue weighted by Gasteiger charge is 2.25. The summed E-state index contributed by atoms with van der Waals surface area (Å²) in [5.74, 6) is -0.619. The first-order chi connectivity index (χ1) is 8.61. The Balaban J connectivity index is 3.04. The SMILES string of the molecule is CCCOC(C(=O)CCC)c1c(F)cccc1Cl. The third-order valence-corrected chi connectivity index (χ3v) is 2.87. The molecule has 2 nitrogen and oxygen atoms in total. The normalized spacial score (nSPS) is 12.4. The van der Waals surface area contributed by atoms with Crippen LogP contribution < -0.4 is 0 Å². The number of halogens is 2. The first kappa shape index (κ1) is 15.1. The van der Waals surface area contributed by atoms with Gasteiger partial charge >= 0.3 is 0 Å². The molecule has 18 heavy (non-hydrogen) atoms. The molecule has 0 saturated heterocycles. The molecule has 0 aliphatic rings. The van der Waals surface area contributed by atoms with Crippen LogP contribution in [0.3, 0.4) is 0 Å². The van der Waals surface area contributed by atoms with Gasteiger partial charge in [0.15, 0.2) is 5.78 Å². The van der Waals surface area contributed by atoms with E-state index in [1.165, 1.54) is 12.1 Å². The van der Waals surface area contributed by atoms with Crippen molar-refractivity contribution in [3.8, 4) is 0 Å². The van der Waals surface area contributed by atoms with Crippen LogP contribution in [0.2, 0.25) is 5.02 Å². The molecular formula is C14H18ClFO2. The Morgan fingerprint density at radius 1 is 1.39 bits per heavy atom. The topological polar surface area (TPSA) is 26.3 Å². The van der Waals surface area contributed by atoms with Gasteiger partial charge in [0.25, 0.3) is 0 Å². The third-order valence-electron chi connectivity index (χ3n) is 2.54. The van der Waals surface area contributed by atoms with Crippen LogP contribution in [0.25, 0.3) is 0 Å². The van der Waals surface area contributed by atoms with Crippen molar-refractivity contribution in [3.05, 3.63) is 34.6 Å². The van der Waals surface area contributed by atoms with E-state index in [4.69, 9.17) is 16.3 Å². The van der Waals surface area contributed by atoms with E-state index in [2.05, 4.69) is 0 Å². The van der Waals surface area contributed by atoms with Gasteiger partial charge in [-0.1, -0.05) is 31.5 Å². The van der Waals surface area contributed by atoms with Crippen LogP contribution in [-0.2, 0) is 9.53 Å². The molecule has 0 fully saturated rings. The molecule has 0 aliphatic carbocycles. The van der Waals surface area contributed by atoms with Gasteiger partial charge < -0.3 is 4.74 Å². The Kier molecular flexibility index (Phi) is 6.30. The lowest BCUT2D eigenvalue weighted by Crippen LogP contribution is -2.18. The van der Waals surface area contributed by atoms with Crippen LogP contribution in [0, 0.1) is 5.82 Å². The molecule has 0 saturated carbocycles. The quantitative estimate of drug-likeness (QED) is 0.739. The summed E-state index contributed by atoms with van der Waals surface area (Å²) in [6.07, 6.45) is 0.941. The van der Waals surface area contributed by atoms with Crippen molar-refractivity contribution in [1.29, 1.82) is 0 Å². The van der Waals surface area contributed by atoms with E-state index >= 15 is 0 Å². The van der Waals surface area contributed by atoms with Gasteiger partial charge in [-0.2, -0.15) is 0 Å². The van der Waals surface area contributed by atoms with Gasteiger partial charge in [-0.3, -0.25) is 4.79 Å². The van der Waals surface area contributed by atoms with Gasteiger partial charge in [-0.15, -0.1) is 0 Å². The molecule has 0 bridgehead atoms. The molecule has 0 aromatic heterocycles. The van der Waals surface area contributed by atoms with Crippen molar-refractivity contribution in [2.45, 2.75) is 39.2 Å². The third kappa shape index (κ3) is 3.79. The van der Waals surface area contributed by atoms with Crippen LogP contribution in [0.15, 0.2) is 18.2 Å². The van der Waals surface area contributed by atoms with Gasteiger partial charge in [-0.05, 0) is 25.0 Å². The van der Waals surface area contributed by atoms with Crippen LogP contribution >= 0.6 is 11.6 Å². The Labute approximate surface area is 112 Å². The Hall–Kier alpha value is -0.930. The molecule has 0 radical (unpaired) electrons. The second kappa shape index (κ2) is 7.49. The summed E-state index contributed by atoms with van der Waals surface area (Å²) >= 11 is 5.98. The molecule has 0 aliphatic heterocycles. The van der Waals surface area contributed by atoms with E-state index in [1.807, 2.05) is 13.8 Å². The molecule has 0 heterocycles. The number of ketones is 1. The number of carbonyl (C=O) groups excluding carboxylic acids is 1. The predicted molar refractivity (Wildman–Crippen MR) is 70.3 cm³/mol. The van der Waals surface area contributed by atoms with Crippen molar-refractivity contribution in [2.75, 3.05) is 6.61 Å². The minimum Gasteiger partial charge on any atom is -0.366 e. The lowest BCUT2D eigenvalue weighted by molar-refractivity contribution is -0.131. The largest absolute Gasteiger partial charge is 0.366 e. The second-order valence-corrected chi connectivity index (χ2v) is 4.51. The van der Waals surface area contributed by atoms with Gasteiger partial charge in [0.1, 0.15) is 11.9 Å². The monoisotopic (exact) mass is 272 g/mol. The molecule has 0 N–H and O–H groups in total. The minimum atomic E-state index is -0.890. The molecule has 0 spiro atoms. The Morgan fingerprint density at radius 3 is 2.67 bits per heavy atom. The summed E-state index contributed by atoms with van der Waals surface area (Å²) in [5.41, 5.74) is 0.158. The molecule has 1 atom stereocenters. The molecule has 1 aromatic rings. The summed E-state index contributed by atoms with van der Waals surface area (Å²) in [6.45, 7) is 4.24. The lowest BCUT2D eigenvalue weighted by atomic mass is 10.0. The van der Waals surface area contributed by atoms with Crippen molar-refractivity contribution in [1.82, 2.24) is 0 Å². The number of rotatable bonds is 7. The van der Waals surface area contributed by atoms with E-state index in [0.29, 0.717) is 19.4 Å². The number of benzene rings is 1. The van der Waals surface area contributed by atoms with Crippen LogP contribution in [0.4, 0.5) is 4.39 Å². The molecule has 4 heteroatoms. The second-order valence-electron chi connectivity index (χ2n) is 4.10.